The Morgan fingerprint density at radius 3 is 2.60 bits per heavy atom. The van der Waals surface area contributed by atoms with E-state index in [9.17, 15) is 9.59 Å². The highest BCUT2D eigenvalue weighted by Crippen LogP contribution is 2.30. The Balaban J connectivity index is 1.28. The van der Waals surface area contributed by atoms with Gasteiger partial charge in [0, 0.05) is 0 Å². The smallest absolute Gasteiger partial charge is 0.338 e. The first-order valence-corrected chi connectivity index (χ1v) is 9.57. The fourth-order valence-electron chi connectivity index (χ4n) is 3.01. The Kier molecular flexibility index (Phi) is 5.47. The highest BCUT2D eigenvalue weighted by molar-refractivity contribution is 5.94. The molecule has 4 rings (SSSR count). The number of aryl methyl sites for hydroxylation is 2. The van der Waals surface area contributed by atoms with E-state index in [0.717, 1.165) is 11.4 Å². The second kappa shape index (κ2) is 8.36. The third kappa shape index (κ3) is 4.32. The zero-order valence-electron chi connectivity index (χ0n) is 16.7. The summed E-state index contributed by atoms with van der Waals surface area (Å²) in [7, 11) is 0. The van der Waals surface area contributed by atoms with Gasteiger partial charge in [-0.1, -0.05) is 12.1 Å². The van der Waals surface area contributed by atoms with Crippen LogP contribution in [0.5, 0.6) is 11.5 Å². The van der Waals surface area contributed by atoms with Crippen LogP contribution in [0.3, 0.4) is 0 Å². The molecular weight excluding hydrogens is 386 g/mol. The first kappa shape index (κ1) is 19.6. The van der Waals surface area contributed by atoms with E-state index in [0.29, 0.717) is 34.7 Å². The average molecular weight is 407 g/mol. The third-order valence-corrected chi connectivity index (χ3v) is 4.74. The van der Waals surface area contributed by atoms with E-state index in [1.165, 1.54) is 0 Å². The maximum absolute atomic E-state index is 12.3. The molecule has 0 spiro atoms. The van der Waals surface area contributed by atoms with Crippen molar-refractivity contribution in [3.63, 3.8) is 0 Å². The molecule has 0 radical (unpaired) electrons. The summed E-state index contributed by atoms with van der Waals surface area (Å²) in [6, 6.07) is 12.3. The van der Waals surface area contributed by atoms with Gasteiger partial charge in [0.15, 0.2) is 18.1 Å². The summed E-state index contributed by atoms with van der Waals surface area (Å²) < 4.78 is 16.5. The molecule has 0 saturated carbocycles. The Morgan fingerprint density at radius 1 is 1.07 bits per heavy atom. The van der Waals surface area contributed by atoms with Crippen LogP contribution in [-0.2, 0) is 9.53 Å². The number of fused-ring (bicyclic) bond motifs is 2. The molecular formula is C22H21N3O5. The predicted octanol–water partition coefficient (Wildman–Crippen LogP) is 2.36. The molecule has 154 valence electrons. The quantitative estimate of drug-likeness (QED) is 0.648. The van der Waals surface area contributed by atoms with Crippen LogP contribution < -0.4 is 14.8 Å². The normalized spacial score (nSPS) is 14.9. The van der Waals surface area contributed by atoms with Crippen LogP contribution >= 0.6 is 0 Å². The number of hydrogen-bond acceptors (Lipinski definition) is 7. The number of nitrogens with one attached hydrogen (secondary N) is 1. The Bertz CT molecular complexity index is 1120. The molecule has 1 aliphatic heterocycles. The number of carbonyl (C=O) groups excluding carboxylic acids is 2. The van der Waals surface area contributed by atoms with Gasteiger partial charge >= 0.3 is 5.97 Å². The lowest BCUT2D eigenvalue weighted by Gasteiger charge is -2.26. The van der Waals surface area contributed by atoms with Crippen molar-refractivity contribution in [3.05, 3.63) is 59.4 Å². The molecule has 0 saturated heterocycles. The van der Waals surface area contributed by atoms with E-state index < -0.39 is 11.9 Å². The predicted molar refractivity (Wildman–Crippen MR) is 109 cm³/mol. The first-order valence-electron chi connectivity index (χ1n) is 9.57. The van der Waals surface area contributed by atoms with Crippen molar-refractivity contribution in [1.29, 1.82) is 0 Å². The fraction of sp³-hybridized carbons (Fsp3) is 0.273. The number of para-hydroxylation sites is 2. The summed E-state index contributed by atoms with van der Waals surface area (Å²) in [5.74, 6) is 0.301. The van der Waals surface area contributed by atoms with Crippen LogP contribution in [0.25, 0.3) is 11.0 Å². The molecule has 8 nitrogen and oxygen atoms in total. The van der Waals surface area contributed by atoms with E-state index in [2.05, 4.69) is 15.3 Å². The average Bonchev–Trinajstić information content (AvgIpc) is 2.76. The molecule has 2 heterocycles. The van der Waals surface area contributed by atoms with Crippen LogP contribution in [0.2, 0.25) is 0 Å². The second-order valence-corrected chi connectivity index (χ2v) is 6.98. The van der Waals surface area contributed by atoms with Gasteiger partial charge in [-0.3, -0.25) is 4.79 Å². The lowest BCUT2D eigenvalue weighted by atomic mass is 10.2. The van der Waals surface area contributed by atoms with Crippen molar-refractivity contribution in [2.45, 2.75) is 20.0 Å². The number of benzene rings is 2. The van der Waals surface area contributed by atoms with Gasteiger partial charge in [0.1, 0.15) is 12.7 Å². The number of hydrogen-bond donors (Lipinski definition) is 1. The van der Waals surface area contributed by atoms with Crippen molar-refractivity contribution in [2.24, 2.45) is 0 Å². The third-order valence-electron chi connectivity index (χ3n) is 4.74. The van der Waals surface area contributed by atoms with E-state index in [1.54, 1.807) is 18.2 Å². The summed E-state index contributed by atoms with van der Waals surface area (Å²) in [5.41, 5.74) is 3.25. The van der Waals surface area contributed by atoms with Crippen LogP contribution in [0.4, 0.5) is 0 Å². The lowest BCUT2D eigenvalue weighted by Crippen LogP contribution is -2.42. The number of esters is 1. The second-order valence-electron chi connectivity index (χ2n) is 6.98. The van der Waals surface area contributed by atoms with Gasteiger partial charge in [0.2, 0.25) is 0 Å². The molecule has 0 bridgehead atoms. The Hall–Kier alpha value is -3.68. The Labute approximate surface area is 173 Å². The minimum atomic E-state index is -0.599. The monoisotopic (exact) mass is 407 g/mol. The zero-order chi connectivity index (χ0) is 21.1. The van der Waals surface area contributed by atoms with Gasteiger partial charge < -0.3 is 19.5 Å². The summed E-state index contributed by atoms with van der Waals surface area (Å²) in [4.78, 5) is 33.2. The number of carbonyl (C=O) groups is 2. The number of aromatic nitrogens is 2. The van der Waals surface area contributed by atoms with Crippen molar-refractivity contribution in [3.8, 4) is 11.5 Å². The van der Waals surface area contributed by atoms with Gasteiger partial charge in [-0.05, 0) is 44.2 Å². The van der Waals surface area contributed by atoms with Crippen molar-refractivity contribution in [1.82, 2.24) is 15.3 Å². The van der Waals surface area contributed by atoms with E-state index in [-0.39, 0.29) is 19.3 Å². The summed E-state index contributed by atoms with van der Waals surface area (Å²) in [5, 5.41) is 2.69. The Morgan fingerprint density at radius 2 is 1.80 bits per heavy atom. The molecule has 1 N–H and O–H groups in total. The minimum absolute atomic E-state index is 0.245. The maximum atomic E-state index is 12.3. The summed E-state index contributed by atoms with van der Waals surface area (Å²) in [6.07, 6.45) is -0.315. The zero-order valence-corrected chi connectivity index (χ0v) is 16.7. The molecule has 8 heteroatoms. The summed E-state index contributed by atoms with van der Waals surface area (Å²) in [6.45, 7) is 3.92. The van der Waals surface area contributed by atoms with E-state index in [1.807, 2.05) is 38.1 Å². The maximum Gasteiger partial charge on any atom is 0.338 e. The fourth-order valence-corrected chi connectivity index (χ4v) is 3.01. The van der Waals surface area contributed by atoms with Crippen LogP contribution in [0, 0.1) is 13.8 Å². The van der Waals surface area contributed by atoms with Crippen molar-refractivity contribution < 1.29 is 23.8 Å². The molecule has 30 heavy (non-hydrogen) atoms. The highest BCUT2D eigenvalue weighted by Gasteiger charge is 2.21. The SMILES string of the molecule is Cc1nc2ccc(C(=O)OCC(=O)NCC3COc4ccccc4O3)cc2nc1C. The molecule has 1 aliphatic rings. The number of ether oxygens (including phenoxy) is 3. The first-order chi connectivity index (χ1) is 14.5. The number of amides is 1. The standard InChI is InChI=1S/C22H21N3O5/c1-13-14(2)25-18-9-15(7-8-17(18)24-13)22(27)29-12-21(26)23-10-16-11-28-19-5-3-4-6-20(19)30-16/h3-9,16H,10-12H2,1-2H3,(H,23,26). The number of rotatable bonds is 5. The van der Waals surface area contributed by atoms with Gasteiger partial charge in [0.05, 0.1) is 34.5 Å². The molecule has 1 atom stereocenters. The van der Waals surface area contributed by atoms with Crippen molar-refractivity contribution >= 4 is 22.9 Å². The molecule has 0 aliphatic carbocycles. The van der Waals surface area contributed by atoms with Gasteiger partial charge in [0.25, 0.3) is 5.91 Å². The number of nitrogens with zero attached hydrogens (tertiary/aromatic N) is 2. The molecule has 1 aromatic heterocycles. The highest BCUT2D eigenvalue weighted by atomic mass is 16.6. The largest absolute Gasteiger partial charge is 0.486 e. The summed E-state index contributed by atoms with van der Waals surface area (Å²) >= 11 is 0. The molecule has 2 aromatic carbocycles. The van der Waals surface area contributed by atoms with Crippen molar-refractivity contribution in [2.75, 3.05) is 19.8 Å². The molecule has 0 fully saturated rings. The molecule has 1 unspecified atom stereocenters. The topological polar surface area (TPSA) is 99.6 Å². The van der Waals surface area contributed by atoms with E-state index >= 15 is 0 Å². The van der Waals surface area contributed by atoms with Crippen LogP contribution in [0.15, 0.2) is 42.5 Å². The van der Waals surface area contributed by atoms with Gasteiger partial charge in [-0.15, -0.1) is 0 Å². The molecule has 3 aromatic rings. The van der Waals surface area contributed by atoms with Crippen LogP contribution in [0.1, 0.15) is 21.7 Å². The molecule has 1 amide bonds. The lowest BCUT2D eigenvalue weighted by molar-refractivity contribution is -0.124. The van der Waals surface area contributed by atoms with Gasteiger partial charge in [-0.25, -0.2) is 14.8 Å². The minimum Gasteiger partial charge on any atom is -0.486 e. The van der Waals surface area contributed by atoms with E-state index in [4.69, 9.17) is 14.2 Å². The van der Waals surface area contributed by atoms with Crippen LogP contribution in [-0.4, -0.2) is 47.7 Å². The van der Waals surface area contributed by atoms with Gasteiger partial charge in [-0.2, -0.15) is 0 Å².